The van der Waals surface area contributed by atoms with Crippen molar-refractivity contribution in [1.82, 2.24) is 0 Å². The predicted molar refractivity (Wildman–Crippen MR) is 95.6 cm³/mol. The summed E-state index contributed by atoms with van der Waals surface area (Å²) in [6.07, 6.45) is 0.272. The molecule has 0 unspecified atom stereocenters. The lowest BCUT2D eigenvalue weighted by molar-refractivity contribution is -0.134. The summed E-state index contributed by atoms with van der Waals surface area (Å²) in [7, 11) is 0. The molecule has 0 radical (unpaired) electrons. The number of rotatable bonds is 5. The molecule has 0 heterocycles. The molecule has 0 aliphatic rings. The maximum atomic E-state index is 13.9. The van der Waals surface area contributed by atoms with Crippen molar-refractivity contribution in [2.24, 2.45) is 0 Å². The number of esters is 1. The zero-order valence-electron chi connectivity index (χ0n) is 12.7. The van der Waals surface area contributed by atoms with Crippen LogP contribution in [0.15, 0.2) is 30.3 Å². The van der Waals surface area contributed by atoms with Gasteiger partial charge in [-0.3, -0.25) is 4.79 Å². The van der Waals surface area contributed by atoms with E-state index in [2.05, 4.69) is 22.6 Å². The summed E-state index contributed by atoms with van der Waals surface area (Å²) in [5.41, 5.74) is 1.33. The summed E-state index contributed by atoms with van der Waals surface area (Å²) in [6, 6.07) is 8.10. The molecule has 6 heteroatoms. The van der Waals surface area contributed by atoms with Crippen LogP contribution in [0.4, 0.5) is 4.39 Å². The highest BCUT2D eigenvalue weighted by Gasteiger charge is 2.14. The van der Waals surface area contributed by atoms with Gasteiger partial charge in [0.15, 0.2) is 11.6 Å². The Bertz CT molecular complexity index is 734. The molecule has 0 N–H and O–H groups in total. The molecular formula is C17H15ClFIO3. The Balaban J connectivity index is 2.23. The van der Waals surface area contributed by atoms with E-state index in [4.69, 9.17) is 21.1 Å². The Kier molecular flexibility index (Phi) is 6.24. The average molecular weight is 449 g/mol. The number of hydrogen-bond acceptors (Lipinski definition) is 3. The number of carbonyl (C=O) groups excluding carboxylic acids is 1. The monoisotopic (exact) mass is 448 g/mol. The van der Waals surface area contributed by atoms with Crippen LogP contribution in [0.1, 0.15) is 24.5 Å². The van der Waals surface area contributed by atoms with Crippen molar-refractivity contribution < 1.29 is 18.7 Å². The molecule has 0 aromatic heterocycles. The van der Waals surface area contributed by atoms with Crippen LogP contribution >= 0.6 is 34.2 Å². The molecular weight excluding hydrogens is 434 g/mol. The second kappa shape index (κ2) is 7.97. The van der Waals surface area contributed by atoms with Crippen molar-refractivity contribution in [3.8, 4) is 11.5 Å². The number of ether oxygens (including phenoxy) is 2. The second-order valence-electron chi connectivity index (χ2n) is 4.86. The molecule has 0 aliphatic heterocycles. The van der Waals surface area contributed by atoms with E-state index in [1.807, 2.05) is 6.07 Å². The van der Waals surface area contributed by atoms with Gasteiger partial charge in [0.25, 0.3) is 0 Å². The molecule has 2 rings (SSSR count). The van der Waals surface area contributed by atoms with Gasteiger partial charge in [0.1, 0.15) is 12.4 Å². The number of hydrogen-bond donors (Lipinski definition) is 0. The summed E-state index contributed by atoms with van der Waals surface area (Å²) in [5, 5.41) is 0.432. The smallest absolute Gasteiger partial charge is 0.310 e. The third-order valence-corrected chi connectivity index (χ3v) is 4.59. The van der Waals surface area contributed by atoms with E-state index in [-0.39, 0.29) is 24.7 Å². The Morgan fingerprint density at radius 1 is 1.30 bits per heavy atom. The maximum Gasteiger partial charge on any atom is 0.310 e. The van der Waals surface area contributed by atoms with E-state index in [1.165, 1.54) is 12.1 Å². The van der Waals surface area contributed by atoms with E-state index in [0.29, 0.717) is 21.9 Å². The van der Waals surface area contributed by atoms with E-state index in [9.17, 15) is 9.18 Å². The second-order valence-corrected chi connectivity index (χ2v) is 6.43. The lowest BCUT2D eigenvalue weighted by atomic mass is 10.2. The van der Waals surface area contributed by atoms with Crippen molar-refractivity contribution in [2.45, 2.75) is 26.9 Å². The van der Waals surface area contributed by atoms with Gasteiger partial charge >= 0.3 is 5.97 Å². The van der Waals surface area contributed by atoms with E-state index < -0.39 is 5.82 Å². The highest BCUT2D eigenvalue weighted by molar-refractivity contribution is 14.1. The van der Waals surface area contributed by atoms with Crippen LogP contribution in [0.5, 0.6) is 11.5 Å². The summed E-state index contributed by atoms with van der Waals surface area (Å²) in [4.78, 5) is 11.5. The van der Waals surface area contributed by atoms with Crippen LogP contribution in [-0.2, 0) is 11.4 Å². The van der Waals surface area contributed by atoms with Gasteiger partial charge < -0.3 is 9.47 Å². The maximum absolute atomic E-state index is 13.9. The molecule has 0 bridgehead atoms. The van der Waals surface area contributed by atoms with Crippen molar-refractivity contribution >= 4 is 40.2 Å². The molecule has 0 spiro atoms. The highest BCUT2D eigenvalue weighted by Crippen LogP contribution is 2.29. The van der Waals surface area contributed by atoms with Gasteiger partial charge in [-0.05, 0) is 53.3 Å². The van der Waals surface area contributed by atoms with Crippen molar-refractivity contribution in [1.29, 1.82) is 0 Å². The number of benzene rings is 2. The number of halogens is 3. The fraction of sp³-hybridized carbons (Fsp3) is 0.235. The summed E-state index contributed by atoms with van der Waals surface area (Å²) in [6.45, 7) is 3.51. The van der Waals surface area contributed by atoms with Gasteiger partial charge in [-0.25, -0.2) is 4.39 Å². The van der Waals surface area contributed by atoms with E-state index in [0.717, 1.165) is 3.57 Å². The first-order chi connectivity index (χ1) is 10.9. The summed E-state index contributed by atoms with van der Waals surface area (Å²) in [5.74, 6) is -0.335. The van der Waals surface area contributed by atoms with Crippen LogP contribution in [0, 0.1) is 16.3 Å². The SMILES string of the molecule is CCC(=O)Oc1cccc(I)c1COc1cc(Cl)c(C)cc1F. The first-order valence-corrected chi connectivity index (χ1v) is 8.44. The van der Waals surface area contributed by atoms with Gasteiger partial charge in [-0.2, -0.15) is 0 Å². The highest BCUT2D eigenvalue weighted by atomic mass is 127. The topological polar surface area (TPSA) is 35.5 Å². The molecule has 3 nitrogen and oxygen atoms in total. The van der Waals surface area contributed by atoms with Gasteiger partial charge in [0.2, 0.25) is 0 Å². The normalized spacial score (nSPS) is 10.5. The Labute approximate surface area is 152 Å². The van der Waals surface area contributed by atoms with E-state index >= 15 is 0 Å². The number of carbonyl (C=O) groups is 1. The zero-order valence-corrected chi connectivity index (χ0v) is 15.6. The molecule has 0 amide bonds. The van der Waals surface area contributed by atoms with Crippen LogP contribution in [0.25, 0.3) is 0 Å². The lowest BCUT2D eigenvalue weighted by Crippen LogP contribution is -2.09. The Morgan fingerprint density at radius 2 is 2.04 bits per heavy atom. The fourth-order valence-corrected chi connectivity index (χ4v) is 2.64. The van der Waals surface area contributed by atoms with Gasteiger partial charge in [-0.15, -0.1) is 0 Å². The molecule has 122 valence electrons. The standard InChI is InChI=1S/C17H15ClFIO3/c1-3-17(21)23-15-6-4-5-14(20)11(15)9-22-16-8-12(18)10(2)7-13(16)19/h4-8H,3,9H2,1-2H3. The predicted octanol–water partition coefficient (Wildman–Crippen LogP) is 5.29. The Morgan fingerprint density at radius 3 is 2.74 bits per heavy atom. The third-order valence-electron chi connectivity index (χ3n) is 3.17. The van der Waals surface area contributed by atoms with Crippen molar-refractivity contribution in [3.63, 3.8) is 0 Å². The number of aryl methyl sites for hydroxylation is 1. The zero-order chi connectivity index (χ0) is 17.0. The lowest BCUT2D eigenvalue weighted by Gasteiger charge is -2.14. The van der Waals surface area contributed by atoms with Crippen LogP contribution in [0.3, 0.4) is 0 Å². The van der Waals surface area contributed by atoms with E-state index in [1.54, 1.807) is 26.0 Å². The van der Waals surface area contributed by atoms with Gasteiger partial charge in [0.05, 0.1) is 0 Å². The third kappa shape index (κ3) is 4.57. The minimum Gasteiger partial charge on any atom is -0.486 e. The quantitative estimate of drug-likeness (QED) is 0.354. The first kappa shape index (κ1) is 18.0. The summed E-state index contributed by atoms with van der Waals surface area (Å²) >= 11 is 8.12. The van der Waals surface area contributed by atoms with Crippen LogP contribution in [0.2, 0.25) is 5.02 Å². The van der Waals surface area contributed by atoms with Crippen LogP contribution in [-0.4, -0.2) is 5.97 Å². The molecule has 2 aromatic carbocycles. The molecule has 0 aliphatic carbocycles. The molecule has 0 saturated heterocycles. The molecule has 23 heavy (non-hydrogen) atoms. The fourth-order valence-electron chi connectivity index (χ4n) is 1.86. The molecule has 0 atom stereocenters. The first-order valence-electron chi connectivity index (χ1n) is 6.99. The van der Waals surface area contributed by atoms with Gasteiger partial charge in [0, 0.05) is 26.6 Å². The largest absolute Gasteiger partial charge is 0.486 e. The summed E-state index contributed by atoms with van der Waals surface area (Å²) < 4.78 is 25.6. The Hall–Kier alpha value is -1.34. The molecule has 0 fully saturated rings. The van der Waals surface area contributed by atoms with Crippen molar-refractivity contribution in [2.75, 3.05) is 0 Å². The minimum absolute atomic E-state index is 0.0630. The average Bonchev–Trinajstić information content (AvgIpc) is 2.51. The minimum atomic E-state index is -0.482. The van der Waals surface area contributed by atoms with Crippen molar-refractivity contribution in [3.05, 3.63) is 55.9 Å². The van der Waals surface area contributed by atoms with Gasteiger partial charge in [-0.1, -0.05) is 24.6 Å². The molecule has 2 aromatic rings. The van der Waals surface area contributed by atoms with Crippen LogP contribution < -0.4 is 9.47 Å². The molecule has 0 saturated carbocycles.